The molecule has 2 N–H and O–H groups in total. The molecule has 7 nitrogen and oxygen atoms in total. The molecule has 1 heterocycles. The maximum absolute atomic E-state index is 12.9. The van der Waals surface area contributed by atoms with Gasteiger partial charge in [-0.05, 0) is 46.2 Å². The van der Waals surface area contributed by atoms with Gasteiger partial charge in [-0.25, -0.2) is 9.48 Å². The van der Waals surface area contributed by atoms with Crippen molar-refractivity contribution in [1.29, 1.82) is 0 Å². The molecule has 0 aliphatic heterocycles. The molecule has 31 heavy (non-hydrogen) atoms. The molecule has 0 saturated carbocycles. The Morgan fingerprint density at radius 3 is 2.19 bits per heavy atom. The van der Waals surface area contributed by atoms with E-state index in [-0.39, 0.29) is 29.4 Å². The smallest absolute Gasteiger partial charge is 0.318 e. The molecule has 3 amide bonds. The lowest BCUT2D eigenvalue weighted by atomic mass is 9.92. The fraction of sp³-hybridized carbons (Fsp3) is 0.542. The Morgan fingerprint density at radius 2 is 1.68 bits per heavy atom. The van der Waals surface area contributed by atoms with Crippen LogP contribution in [0.15, 0.2) is 30.3 Å². The van der Waals surface area contributed by atoms with E-state index >= 15 is 0 Å². The molecule has 0 saturated heterocycles. The van der Waals surface area contributed by atoms with Gasteiger partial charge in [0, 0.05) is 23.6 Å². The molecule has 0 bridgehead atoms. The van der Waals surface area contributed by atoms with Crippen LogP contribution in [-0.4, -0.2) is 45.2 Å². The van der Waals surface area contributed by atoms with Crippen molar-refractivity contribution < 1.29 is 9.59 Å². The summed E-state index contributed by atoms with van der Waals surface area (Å²) in [4.78, 5) is 27.0. The molecular formula is C24H37N5O2. The number of aromatic nitrogens is 2. The standard InChI is InChI=1S/C24H37N5O2/c1-9-14-28(22(31)26-24(6,7)8)16-21(30)25-20-15-19(23(3,4)5)27-29(20)18-12-10-17(2)11-13-18/h10-13,15H,9,14,16H2,1-8H3,(H,25,30)(H,26,31). The SMILES string of the molecule is CCCN(CC(=O)Nc1cc(C(C)(C)C)nn1-c1ccc(C)cc1)C(=O)NC(C)(C)C. The Morgan fingerprint density at radius 1 is 1.06 bits per heavy atom. The maximum atomic E-state index is 12.9. The Hall–Kier alpha value is -2.83. The Kier molecular flexibility index (Phi) is 7.52. The second-order valence-corrected chi connectivity index (χ2v) is 10.1. The maximum Gasteiger partial charge on any atom is 0.318 e. The number of rotatable bonds is 6. The fourth-order valence-corrected chi connectivity index (χ4v) is 3.00. The predicted octanol–water partition coefficient (Wildman–Crippen LogP) is 4.64. The normalized spacial score (nSPS) is 11.9. The van der Waals surface area contributed by atoms with Crippen molar-refractivity contribution in [2.24, 2.45) is 0 Å². The van der Waals surface area contributed by atoms with E-state index in [2.05, 4.69) is 31.4 Å². The van der Waals surface area contributed by atoms with Crippen molar-refractivity contribution >= 4 is 17.8 Å². The van der Waals surface area contributed by atoms with Crippen molar-refractivity contribution in [3.8, 4) is 5.69 Å². The number of benzene rings is 1. The molecule has 0 fully saturated rings. The number of nitrogens with zero attached hydrogens (tertiary/aromatic N) is 3. The molecule has 0 aliphatic rings. The first-order valence-corrected chi connectivity index (χ1v) is 10.8. The van der Waals surface area contributed by atoms with E-state index in [0.717, 1.165) is 23.4 Å². The molecule has 2 rings (SSSR count). The zero-order valence-electron chi connectivity index (χ0n) is 20.2. The lowest BCUT2D eigenvalue weighted by Gasteiger charge is -2.27. The molecule has 170 valence electrons. The third-order valence-corrected chi connectivity index (χ3v) is 4.62. The van der Waals surface area contributed by atoms with E-state index in [1.165, 1.54) is 4.90 Å². The van der Waals surface area contributed by atoms with E-state index in [4.69, 9.17) is 5.10 Å². The summed E-state index contributed by atoms with van der Waals surface area (Å²) in [6.07, 6.45) is 0.764. The van der Waals surface area contributed by atoms with Gasteiger partial charge in [0.1, 0.15) is 12.4 Å². The van der Waals surface area contributed by atoms with Gasteiger partial charge in [-0.15, -0.1) is 0 Å². The number of hydrogen-bond acceptors (Lipinski definition) is 3. The van der Waals surface area contributed by atoms with Gasteiger partial charge >= 0.3 is 6.03 Å². The lowest BCUT2D eigenvalue weighted by Crippen LogP contribution is -2.50. The van der Waals surface area contributed by atoms with E-state index in [1.807, 2.05) is 65.0 Å². The van der Waals surface area contributed by atoms with E-state index in [0.29, 0.717) is 12.4 Å². The molecular weight excluding hydrogens is 390 g/mol. The van der Waals surface area contributed by atoms with Crippen LogP contribution >= 0.6 is 0 Å². The number of anilines is 1. The van der Waals surface area contributed by atoms with Crippen LogP contribution in [0, 0.1) is 6.92 Å². The number of aryl methyl sites for hydroxylation is 1. The average Bonchev–Trinajstić information content (AvgIpc) is 3.04. The molecule has 1 aromatic carbocycles. The largest absolute Gasteiger partial charge is 0.333 e. The van der Waals surface area contributed by atoms with Crippen molar-refractivity contribution in [1.82, 2.24) is 20.0 Å². The summed E-state index contributed by atoms with van der Waals surface area (Å²) in [6.45, 7) is 16.5. The molecule has 0 spiro atoms. The summed E-state index contributed by atoms with van der Waals surface area (Å²) in [5, 5.41) is 10.6. The van der Waals surface area contributed by atoms with Gasteiger partial charge in [0.25, 0.3) is 0 Å². The summed E-state index contributed by atoms with van der Waals surface area (Å²) >= 11 is 0. The van der Waals surface area contributed by atoms with E-state index in [1.54, 1.807) is 4.68 Å². The summed E-state index contributed by atoms with van der Waals surface area (Å²) in [5.41, 5.74) is 2.35. The van der Waals surface area contributed by atoms with Gasteiger partial charge in [0.05, 0.1) is 11.4 Å². The van der Waals surface area contributed by atoms with Gasteiger partial charge in [-0.1, -0.05) is 45.4 Å². The monoisotopic (exact) mass is 427 g/mol. The van der Waals surface area contributed by atoms with Crippen LogP contribution in [0.5, 0.6) is 0 Å². The summed E-state index contributed by atoms with van der Waals surface area (Å²) in [5.74, 6) is 0.331. The van der Waals surface area contributed by atoms with Crippen molar-refractivity contribution in [3.63, 3.8) is 0 Å². The average molecular weight is 428 g/mol. The summed E-state index contributed by atoms with van der Waals surface area (Å²) < 4.78 is 1.75. The first-order chi connectivity index (χ1) is 14.3. The molecule has 0 atom stereocenters. The predicted molar refractivity (Wildman–Crippen MR) is 126 cm³/mol. The van der Waals surface area contributed by atoms with Crippen LogP contribution < -0.4 is 10.6 Å². The number of urea groups is 1. The molecule has 0 unspecified atom stereocenters. The molecule has 1 aromatic heterocycles. The third-order valence-electron chi connectivity index (χ3n) is 4.62. The van der Waals surface area contributed by atoms with Crippen molar-refractivity contribution in [2.75, 3.05) is 18.4 Å². The first kappa shape index (κ1) is 24.4. The zero-order chi connectivity index (χ0) is 23.4. The highest BCUT2D eigenvalue weighted by atomic mass is 16.2. The van der Waals surface area contributed by atoms with Crippen LogP contribution in [-0.2, 0) is 10.2 Å². The Balaban J connectivity index is 2.27. The lowest BCUT2D eigenvalue weighted by molar-refractivity contribution is -0.116. The van der Waals surface area contributed by atoms with Gasteiger partial charge in [-0.2, -0.15) is 5.10 Å². The quantitative estimate of drug-likeness (QED) is 0.705. The third kappa shape index (κ3) is 7.12. The van der Waals surface area contributed by atoms with Crippen LogP contribution in [0.3, 0.4) is 0 Å². The second-order valence-electron chi connectivity index (χ2n) is 10.1. The Labute approximate surface area is 186 Å². The van der Waals surface area contributed by atoms with Crippen LogP contribution in [0.1, 0.15) is 66.1 Å². The van der Waals surface area contributed by atoms with Gasteiger partial charge in [-0.3, -0.25) is 4.79 Å². The number of nitrogens with one attached hydrogen (secondary N) is 2. The van der Waals surface area contributed by atoms with Crippen LogP contribution in [0.25, 0.3) is 5.69 Å². The van der Waals surface area contributed by atoms with Gasteiger partial charge < -0.3 is 15.5 Å². The topological polar surface area (TPSA) is 79.3 Å². The number of carbonyl (C=O) groups excluding carboxylic acids is 2. The van der Waals surface area contributed by atoms with E-state index < -0.39 is 0 Å². The molecule has 2 aromatic rings. The fourth-order valence-electron chi connectivity index (χ4n) is 3.00. The first-order valence-electron chi connectivity index (χ1n) is 10.8. The highest BCUT2D eigenvalue weighted by Gasteiger charge is 2.24. The highest BCUT2D eigenvalue weighted by Crippen LogP contribution is 2.26. The molecule has 7 heteroatoms. The molecule has 0 radical (unpaired) electrons. The number of carbonyl (C=O) groups is 2. The minimum atomic E-state index is -0.370. The Bertz CT molecular complexity index is 902. The van der Waals surface area contributed by atoms with Crippen molar-refractivity contribution in [2.45, 2.75) is 72.8 Å². The second kappa shape index (κ2) is 9.54. The summed E-state index contributed by atoms with van der Waals surface area (Å²) in [7, 11) is 0. The van der Waals surface area contributed by atoms with Crippen LogP contribution in [0.2, 0.25) is 0 Å². The number of amides is 3. The van der Waals surface area contributed by atoms with E-state index in [9.17, 15) is 9.59 Å². The van der Waals surface area contributed by atoms with Crippen molar-refractivity contribution in [3.05, 3.63) is 41.6 Å². The van der Waals surface area contributed by atoms with Crippen LogP contribution in [0.4, 0.5) is 10.6 Å². The highest BCUT2D eigenvalue weighted by molar-refractivity contribution is 5.94. The minimum Gasteiger partial charge on any atom is -0.333 e. The molecule has 0 aliphatic carbocycles. The van der Waals surface area contributed by atoms with Gasteiger partial charge in [0.15, 0.2) is 0 Å². The summed E-state index contributed by atoms with van der Waals surface area (Å²) in [6, 6.07) is 9.64. The zero-order valence-corrected chi connectivity index (χ0v) is 20.2. The minimum absolute atomic E-state index is 0.0281. The van der Waals surface area contributed by atoms with Gasteiger partial charge in [0.2, 0.25) is 5.91 Å². The number of hydrogen-bond donors (Lipinski definition) is 2.